The molecule has 0 amide bonds. The van der Waals surface area contributed by atoms with Gasteiger partial charge in [0.1, 0.15) is 6.33 Å². The number of halogens is 1. The summed E-state index contributed by atoms with van der Waals surface area (Å²) in [5, 5.41) is 8.65. The van der Waals surface area contributed by atoms with E-state index in [-0.39, 0.29) is 37.4 Å². The first-order valence-electron chi connectivity index (χ1n) is 9.89. The van der Waals surface area contributed by atoms with Gasteiger partial charge in [-0.15, -0.1) is 16.2 Å². The van der Waals surface area contributed by atoms with E-state index in [1.165, 1.54) is 0 Å². The fourth-order valence-corrected chi connectivity index (χ4v) is 4.36. The molecule has 0 bridgehead atoms. The number of hydrogen-bond donors (Lipinski definition) is 1. The van der Waals surface area contributed by atoms with Crippen molar-refractivity contribution in [2.75, 3.05) is 4.72 Å². The molecule has 0 aliphatic rings. The molecule has 0 spiro atoms. The fraction of sp³-hybridized carbons (Fsp3) is 0.304. The summed E-state index contributed by atoms with van der Waals surface area (Å²) >= 11 is 6.35. The topological polar surface area (TPSA) is 76.9 Å². The first-order valence-corrected chi connectivity index (χ1v) is 11.8. The number of hydrogen-bond acceptors (Lipinski definition) is 4. The summed E-state index contributed by atoms with van der Waals surface area (Å²) in [5.74, 6) is 0.464. The van der Waals surface area contributed by atoms with Crippen LogP contribution in [0.3, 0.4) is 0 Å². The minimum Gasteiger partial charge on any atom is -0.344 e. The van der Waals surface area contributed by atoms with E-state index in [1.807, 2.05) is 19.1 Å². The van der Waals surface area contributed by atoms with Crippen molar-refractivity contribution < 1.29 is 29.5 Å². The summed E-state index contributed by atoms with van der Waals surface area (Å²) < 4.78 is 30.7. The molecule has 0 saturated carbocycles. The van der Waals surface area contributed by atoms with Crippen molar-refractivity contribution >= 4 is 27.3 Å². The Labute approximate surface area is 210 Å². The number of sulfonamides is 1. The van der Waals surface area contributed by atoms with Crippen LogP contribution in [-0.2, 0) is 36.5 Å². The van der Waals surface area contributed by atoms with E-state index in [0.29, 0.717) is 28.5 Å². The second-order valence-corrected chi connectivity index (χ2v) is 10.6. The summed E-state index contributed by atoms with van der Waals surface area (Å²) in [6, 6.07) is 10.1. The molecule has 1 aromatic heterocycles. The first kappa shape index (κ1) is 26.6. The van der Waals surface area contributed by atoms with Crippen LogP contribution in [0.5, 0.6) is 0 Å². The minimum absolute atomic E-state index is 0. The number of benzene rings is 2. The van der Waals surface area contributed by atoms with E-state index in [0.717, 1.165) is 11.1 Å². The van der Waals surface area contributed by atoms with Crippen molar-refractivity contribution in [3.05, 3.63) is 72.7 Å². The van der Waals surface area contributed by atoms with Crippen LogP contribution in [0.15, 0.2) is 47.6 Å². The molecule has 0 aliphatic heterocycles. The maximum atomic E-state index is 13.1. The van der Waals surface area contributed by atoms with Crippen LogP contribution >= 0.6 is 11.6 Å². The van der Waals surface area contributed by atoms with Crippen molar-refractivity contribution in [3.63, 3.8) is 0 Å². The third-order valence-corrected chi connectivity index (χ3v) is 6.90. The van der Waals surface area contributed by atoms with E-state index in [1.54, 1.807) is 35.2 Å². The third-order valence-electron chi connectivity index (χ3n) is 5.11. The number of aromatic nitrogens is 3. The molecule has 32 heavy (non-hydrogen) atoms. The largest absolute Gasteiger partial charge is 2.00 e. The Balaban J connectivity index is 0.00000363. The van der Waals surface area contributed by atoms with Crippen molar-refractivity contribution in [2.45, 2.75) is 50.5 Å². The van der Waals surface area contributed by atoms with Gasteiger partial charge in [-0.05, 0) is 47.7 Å². The van der Waals surface area contributed by atoms with Gasteiger partial charge in [0.05, 0.1) is 10.6 Å². The van der Waals surface area contributed by atoms with Crippen LogP contribution in [0.2, 0.25) is 5.02 Å². The molecular weight excluding hydrogens is 616 g/mol. The molecule has 1 N–H and O–H groups in total. The summed E-state index contributed by atoms with van der Waals surface area (Å²) in [5.41, 5.74) is 2.61. The quantitative estimate of drug-likeness (QED) is 0.355. The predicted molar refractivity (Wildman–Crippen MR) is 126 cm³/mol. The molecule has 1 atom stereocenters. The fourth-order valence-electron chi connectivity index (χ4n) is 3.13. The minimum atomic E-state index is -3.84. The SMILES string of the molecule is [CH2-]CC([CH2-])n1cnnc1-c1cc(Cl)c(C)cc1NS(=O)(=O)c1ccc(C(C)(C)C)cc1.[W+2]. The molecule has 1 heterocycles. The molecule has 1 unspecified atom stereocenters. The van der Waals surface area contributed by atoms with Crippen molar-refractivity contribution in [1.29, 1.82) is 0 Å². The molecular formula is C23H27ClN4O2SW. The van der Waals surface area contributed by atoms with Gasteiger partial charge >= 0.3 is 21.1 Å². The Morgan fingerprint density at radius 3 is 2.38 bits per heavy atom. The Morgan fingerprint density at radius 2 is 1.81 bits per heavy atom. The van der Waals surface area contributed by atoms with E-state index in [2.05, 4.69) is 49.5 Å². The van der Waals surface area contributed by atoms with Gasteiger partial charge in [0.15, 0.2) is 5.82 Å². The average Bonchev–Trinajstić information content (AvgIpc) is 3.19. The van der Waals surface area contributed by atoms with Crippen LogP contribution in [0.25, 0.3) is 11.4 Å². The van der Waals surface area contributed by atoms with Crippen molar-refractivity contribution in [3.8, 4) is 11.4 Å². The van der Waals surface area contributed by atoms with Gasteiger partial charge < -0.3 is 18.4 Å². The number of nitrogens with zero attached hydrogens (tertiary/aromatic N) is 3. The van der Waals surface area contributed by atoms with Crippen molar-refractivity contribution in [1.82, 2.24) is 14.8 Å². The molecule has 9 heteroatoms. The van der Waals surface area contributed by atoms with Crippen LogP contribution in [0.4, 0.5) is 5.69 Å². The van der Waals surface area contributed by atoms with E-state index < -0.39 is 10.0 Å². The number of rotatable bonds is 6. The number of anilines is 1. The standard InChI is InChI=1S/C23H27ClN4O2S.W/c1-7-16(3)28-14-25-26-22(28)19-13-20(24)15(2)12-21(19)27-31(29,30)18-10-8-17(9-11-18)23(4,5)6;/h8-14,16,27H,1,3,7H2,2,4-6H3;/q-2;+2. The van der Waals surface area contributed by atoms with Crippen LogP contribution in [0.1, 0.15) is 44.4 Å². The Bertz CT molecular complexity index is 1190. The smallest absolute Gasteiger partial charge is 0.344 e. The second-order valence-electron chi connectivity index (χ2n) is 8.53. The molecule has 6 nitrogen and oxygen atoms in total. The molecule has 170 valence electrons. The van der Waals surface area contributed by atoms with E-state index in [4.69, 9.17) is 11.6 Å². The maximum absolute atomic E-state index is 13.1. The first-order chi connectivity index (χ1) is 14.4. The molecule has 2 aromatic carbocycles. The molecule has 0 aliphatic carbocycles. The van der Waals surface area contributed by atoms with Crippen LogP contribution in [-0.4, -0.2) is 23.2 Å². The third kappa shape index (κ3) is 5.62. The van der Waals surface area contributed by atoms with Gasteiger partial charge in [-0.1, -0.05) is 44.5 Å². The normalized spacial score (nSPS) is 12.8. The van der Waals surface area contributed by atoms with Gasteiger partial charge in [0.25, 0.3) is 10.0 Å². The number of aryl methyl sites for hydroxylation is 1. The van der Waals surface area contributed by atoms with Gasteiger partial charge in [0, 0.05) is 10.6 Å². The van der Waals surface area contributed by atoms with Gasteiger partial charge in [-0.25, -0.2) is 8.42 Å². The Kier molecular flexibility index (Phi) is 8.35. The Morgan fingerprint density at radius 1 is 1.19 bits per heavy atom. The second kappa shape index (κ2) is 10.1. The zero-order valence-corrected chi connectivity index (χ0v) is 23.1. The molecule has 0 fully saturated rings. The van der Waals surface area contributed by atoms with Crippen LogP contribution < -0.4 is 4.72 Å². The summed E-state index contributed by atoms with van der Waals surface area (Å²) in [4.78, 5) is 0.174. The molecule has 0 radical (unpaired) electrons. The summed E-state index contributed by atoms with van der Waals surface area (Å²) in [6.07, 6.45) is 2.07. The molecule has 0 saturated heterocycles. The van der Waals surface area contributed by atoms with Gasteiger partial charge in [-0.2, -0.15) is 6.42 Å². The zero-order chi connectivity index (χ0) is 23.0. The summed E-state index contributed by atoms with van der Waals surface area (Å²) in [6.45, 7) is 16.0. The summed E-state index contributed by atoms with van der Waals surface area (Å²) in [7, 11) is -3.84. The van der Waals surface area contributed by atoms with Gasteiger partial charge in [-0.3, -0.25) is 4.72 Å². The zero-order valence-electron chi connectivity index (χ0n) is 18.6. The molecule has 3 aromatic rings. The monoisotopic (exact) mass is 642 g/mol. The average molecular weight is 643 g/mol. The van der Waals surface area contributed by atoms with Gasteiger partial charge in [0.2, 0.25) is 0 Å². The molecule has 3 rings (SSSR count). The number of nitrogens with one attached hydrogen (secondary N) is 1. The van der Waals surface area contributed by atoms with Crippen LogP contribution in [0, 0.1) is 20.8 Å². The van der Waals surface area contributed by atoms with E-state index >= 15 is 0 Å². The van der Waals surface area contributed by atoms with Crippen molar-refractivity contribution in [2.24, 2.45) is 0 Å². The van der Waals surface area contributed by atoms with E-state index in [9.17, 15) is 8.42 Å². The Hall–Kier alpha value is -1.69. The predicted octanol–water partition coefficient (Wildman–Crippen LogP) is 5.60. The maximum Gasteiger partial charge on any atom is 2.00 e.